The van der Waals surface area contributed by atoms with Crippen molar-refractivity contribution in [3.05, 3.63) is 74.7 Å². The quantitative estimate of drug-likeness (QED) is 0.251. The van der Waals surface area contributed by atoms with Gasteiger partial charge < -0.3 is 9.47 Å². The van der Waals surface area contributed by atoms with E-state index in [2.05, 4.69) is 28.7 Å². The van der Waals surface area contributed by atoms with E-state index in [-0.39, 0.29) is 5.78 Å². The van der Waals surface area contributed by atoms with Gasteiger partial charge in [0.25, 0.3) is 0 Å². The van der Waals surface area contributed by atoms with Gasteiger partial charge >= 0.3 is 0 Å². The average Bonchev–Trinajstić information content (AvgIpc) is 3.20. The Morgan fingerprint density at radius 3 is 2.54 bits per heavy atom. The second-order valence-electron chi connectivity index (χ2n) is 5.48. The van der Waals surface area contributed by atoms with E-state index in [4.69, 9.17) is 9.47 Å². The first-order valence-electron chi connectivity index (χ1n) is 7.90. The molecular weight excluding hydrogens is 459 g/mol. The fraction of sp³-hybridized carbons (Fsp3) is 0.0952. The van der Waals surface area contributed by atoms with Gasteiger partial charge in [0, 0.05) is 14.0 Å². The minimum atomic E-state index is -0.109. The maximum Gasteiger partial charge on any atom is 0.189 e. The van der Waals surface area contributed by atoms with E-state index in [1.54, 1.807) is 43.8 Å². The summed E-state index contributed by atoms with van der Waals surface area (Å²) in [5.41, 5.74) is 2.49. The highest BCUT2D eigenvalue weighted by atomic mass is 127. The molecule has 0 aliphatic rings. The summed E-state index contributed by atoms with van der Waals surface area (Å²) in [6, 6.07) is 15.6. The topological polar surface area (TPSA) is 35.5 Å². The molecule has 5 heteroatoms. The number of ether oxygens (including phenoxy) is 2. The lowest BCUT2D eigenvalue weighted by Gasteiger charge is -2.08. The Morgan fingerprint density at radius 1 is 1.04 bits per heavy atom. The molecule has 1 aromatic heterocycles. The number of benzene rings is 2. The SMILES string of the molecule is COc1ccc(-c2cccs2)cc1/C=C/C(=O)c1ccc(I)cc1OC. The van der Waals surface area contributed by atoms with E-state index in [1.807, 2.05) is 41.8 Å². The van der Waals surface area contributed by atoms with Crippen LogP contribution in [-0.4, -0.2) is 20.0 Å². The maximum atomic E-state index is 12.6. The molecule has 0 unspecified atom stereocenters. The number of carbonyl (C=O) groups is 1. The van der Waals surface area contributed by atoms with Crippen LogP contribution in [0.4, 0.5) is 0 Å². The van der Waals surface area contributed by atoms with E-state index in [1.165, 1.54) is 4.88 Å². The van der Waals surface area contributed by atoms with Crippen molar-refractivity contribution in [2.24, 2.45) is 0 Å². The Bertz CT molecular complexity index is 946. The predicted octanol–water partition coefficient (Wildman–Crippen LogP) is 5.93. The van der Waals surface area contributed by atoms with Gasteiger partial charge in [-0.05, 0) is 88.2 Å². The zero-order chi connectivity index (χ0) is 18.5. The summed E-state index contributed by atoms with van der Waals surface area (Å²) < 4.78 is 11.8. The van der Waals surface area contributed by atoms with E-state index >= 15 is 0 Å². The van der Waals surface area contributed by atoms with Crippen molar-refractivity contribution in [2.45, 2.75) is 0 Å². The first-order valence-corrected chi connectivity index (χ1v) is 9.86. The average molecular weight is 476 g/mol. The van der Waals surface area contributed by atoms with Crippen molar-refractivity contribution in [3.63, 3.8) is 0 Å². The van der Waals surface area contributed by atoms with Crippen LogP contribution in [0.1, 0.15) is 15.9 Å². The molecule has 3 aromatic rings. The minimum absolute atomic E-state index is 0.109. The number of carbonyl (C=O) groups excluding carboxylic acids is 1. The van der Waals surface area contributed by atoms with Crippen molar-refractivity contribution >= 4 is 45.8 Å². The molecule has 3 rings (SSSR count). The summed E-state index contributed by atoms with van der Waals surface area (Å²) in [6.07, 6.45) is 3.34. The second-order valence-corrected chi connectivity index (χ2v) is 7.67. The van der Waals surface area contributed by atoms with Gasteiger partial charge in [-0.2, -0.15) is 0 Å². The Kier molecular flexibility index (Phi) is 6.11. The van der Waals surface area contributed by atoms with Gasteiger partial charge in [0.15, 0.2) is 5.78 Å². The normalized spacial score (nSPS) is 10.9. The zero-order valence-electron chi connectivity index (χ0n) is 14.4. The number of thiophene rings is 1. The lowest BCUT2D eigenvalue weighted by atomic mass is 10.1. The maximum absolute atomic E-state index is 12.6. The van der Waals surface area contributed by atoms with Crippen LogP contribution in [-0.2, 0) is 0 Å². The molecule has 0 spiro atoms. The van der Waals surface area contributed by atoms with Crippen LogP contribution in [0.15, 0.2) is 60.0 Å². The number of ketones is 1. The number of halogens is 1. The molecule has 1 heterocycles. The van der Waals surface area contributed by atoms with Crippen LogP contribution in [0, 0.1) is 3.57 Å². The molecule has 2 aromatic carbocycles. The van der Waals surface area contributed by atoms with Crippen molar-refractivity contribution in [2.75, 3.05) is 14.2 Å². The standard InChI is InChI=1S/C21H17IO3S/c1-24-19-10-6-15(21-4-3-11-26-21)12-14(19)5-9-18(23)17-8-7-16(22)13-20(17)25-2/h3-13H,1-2H3/b9-5+. The number of hydrogen-bond donors (Lipinski definition) is 0. The summed E-state index contributed by atoms with van der Waals surface area (Å²) in [4.78, 5) is 13.8. The van der Waals surface area contributed by atoms with Gasteiger partial charge in [0.05, 0.1) is 19.8 Å². The van der Waals surface area contributed by atoms with E-state index in [0.29, 0.717) is 11.3 Å². The molecule has 0 fully saturated rings. The number of allylic oxidation sites excluding steroid dienone is 1. The molecular formula is C21H17IO3S. The first kappa shape index (κ1) is 18.7. The highest BCUT2D eigenvalue weighted by molar-refractivity contribution is 14.1. The second kappa shape index (κ2) is 8.51. The number of hydrogen-bond acceptors (Lipinski definition) is 4. The third kappa shape index (κ3) is 4.16. The molecule has 0 saturated heterocycles. The molecule has 0 aliphatic carbocycles. The van der Waals surface area contributed by atoms with Crippen molar-refractivity contribution in [1.29, 1.82) is 0 Å². The number of rotatable bonds is 6. The zero-order valence-corrected chi connectivity index (χ0v) is 17.3. The Labute approximate surface area is 170 Å². The summed E-state index contributed by atoms with van der Waals surface area (Å²) in [7, 11) is 3.20. The van der Waals surface area contributed by atoms with Crippen molar-refractivity contribution in [1.82, 2.24) is 0 Å². The third-order valence-corrected chi connectivity index (χ3v) is 5.47. The lowest BCUT2D eigenvalue weighted by Crippen LogP contribution is -1.99. The molecule has 0 atom stereocenters. The van der Waals surface area contributed by atoms with Gasteiger partial charge in [-0.15, -0.1) is 11.3 Å². The molecule has 0 amide bonds. The Morgan fingerprint density at radius 2 is 1.85 bits per heavy atom. The predicted molar refractivity (Wildman–Crippen MR) is 115 cm³/mol. The van der Waals surface area contributed by atoms with Crippen LogP contribution in [0.2, 0.25) is 0 Å². The van der Waals surface area contributed by atoms with E-state index in [9.17, 15) is 4.79 Å². The van der Waals surface area contributed by atoms with Gasteiger partial charge in [0.1, 0.15) is 11.5 Å². The van der Waals surface area contributed by atoms with Crippen LogP contribution < -0.4 is 9.47 Å². The molecule has 0 bridgehead atoms. The summed E-state index contributed by atoms with van der Waals surface area (Å²) in [6.45, 7) is 0. The molecule has 132 valence electrons. The Hall–Kier alpha value is -2.12. The fourth-order valence-electron chi connectivity index (χ4n) is 2.58. The highest BCUT2D eigenvalue weighted by Crippen LogP contribution is 2.30. The molecule has 0 radical (unpaired) electrons. The Balaban J connectivity index is 1.92. The van der Waals surface area contributed by atoms with Gasteiger partial charge in [0.2, 0.25) is 0 Å². The van der Waals surface area contributed by atoms with Crippen molar-refractivity contribution in [3.8, 4) is 21.9 Å². The van der Waals surface area contributed by atoms with E-state index < -0.39 is 0 Å². The van der Waals surface area contributed by atoms with Crippen LogP contribution in [0.5, 0.6) is 11.5 Å². The summed E-state index contributed by atoms with van der Waals surface area (Å²) >= 11 is 3.87. The van der Waals surface area contributed by atoms with Crippen molar-refractivity contribution < 1.29 is 14.3 Å². The number of methoxy groups -OCH3 is 2. The van der Waals surface area contributed by atoms with Gasteiger partial charge in [-0.3, -0.25) is 4.79 Å². The fourth-order valence-corrected chi connectivity index (χ4v) is 3.77. The first-order chi connectivity index (χ1) is 12.6. The highest BCUT2D eigenvalue weighted by Gasteiger charge is 2.11. The van der Waals surface area contributed by atoms with Crippen LogP contribution >= 0.6 is 33.9 Å². The molecule has 0 N–H and O–H groups in total. The summed E-state index contributed by atoms with van der Waals surface area (Å²) in [5.74, 6) is 1.19. The molecule has 3 nitrogen and oxygen atoms in total. The van der Waals surface area contributed by atoms with E-state index in [0.717, 1.165) is 20.4 Å². The monoisotopic (exact) mass is 476 g/mol. The third-order valence-electron chi connectivity index (χ3n) is 3.88. The van der Waals surface area contributed by atoms with Gasteiger partial charge in [-0.25, -0.2) is 0 Å². The molecule has 0 saturated carbocycles. The van der Waals surface area contributed by atoms with Crippen LogP contribution in [0.25, 0.3) is 16.5 Å². The van der Waals surface area contributed by atoms with Crippen LogP contribution in [0.3, 0.4) is 0 Å². The van der Waals surface area contributed by atoms with Gasteiger partial charge in [-0.1, -0.05) is 6.07 Å². The largest absolute Gasteiger partial charge is 0.496 e. The minimum Gasteiger partial charge on any atom is -0.496 e. The molecule has 26 heavy (non-hydrogen) atoms. The summed E-state index contributed by atoms with van der Waals surface area (Å²) in [5, 5.41) is 2.04. The molecule has 0 aliphatic heterocycles. The lowest BCUT2D eigenvalue weighted by molar-refractivity contribution is 0.104. The smallest absolute Gasteiger partial charge is 0.189 e.